The van der Waals surface area contributed by atoms with Crippen LogP contribution in [0, 0.1) is 11.8 Å². The van der Waals surface area contributed by atoms with Crippen LogP contribution in [0.4, 0.5) is 0 Å². The average Bonchev–Trinajstić information content (AvgIpc) is 2.74. The largest absolute Gasteiger partial charge is 0.497 e. The van der Waals surface area contributed by atoms with Crippen molar-refractivity contribution < 1.29 is 17.9 Å². The second-order valence-corrected chi connectivity index (χ2v) is 10.3. The molecule has 0 bridgehead atoms. The van der Waals surface area contributed by atoms with Gasteiger partial charge in [0, 0.05) is 25.6 Å². The van der Waals surface area contributed by atoms with Gasteiger partial charge < -0.3 is 10.1 Å². The molecule has 2 fully saturated rings. The van der Waals surface area contributed by atoms with E-state index in [4.69, 9.17) is 4.74 Å². The molecule has 1 aliphatic carbocycles. The van der Waals surface area contributed by atoms with Crippen LogP contribution in [-0.4, -0.2) is 44.9 Å². The van der Waals surface area contributed by atoms with Gasteiger partial charge >= 0.3 is 0 Å². The Morgan fingerprint density at radius 1 is 1.10 bits per heavy atom. The zero-order valence-electron chi connectivity index (χ0n) is 17.6. The highest BCUT2D eigenvalue weighted by atomic mass is 32.2. The van der Waals surface area contributed by atoms with Gasteiger partial charge in [-0.1, -0.05) is 32.6 Å². The number of hydrogen-bond acceptors (Lipinski definition) is 4. The van der Waals surface area contributed by atoms with Crippen LogP contribution in [-0.2, 0) is 14.8 Å². The van der Waals surface area contributed by atoms with E-state index >= 15 is 0 Å². The minimum absolute atomic E-state index is 0.131. The van der Waals surface area contributed by atoms with Gasteiger partial charge in [-0.2, -0.15) is 4.31 Å². The van der Waals surface area contributed by atoms with Crippen molar-refractivity contribution in [2.24, 2.45) is 11.8 Å². The molecular weight excluding hydrogens is 388 g/mol. The van der Waals surface area contributed by atoms with E-state index in [1.807, 2.05) is 0 Å². The number of hydrogen-bond donors (Lipinski definition) is 1. The number of rotatable bonds is 7. The van der Waals surface area contributed by atoms with Crippen LogP contribution >= 0.6 is 0 Å². The number of methoxy groups -OCH3 is 1. The van der Waals surface area contributed by atoms with Crippen molar-refractivity contribution >= 4 is 15.9 Å². The van der Waals surface area contributed by atoms with Gasteiger partial charge in [0.2, 0.25) is 15.9 Å². The molecule has 1 saturated carbocycles. The molecular formula is C22H34N2O4S. The maximum Gasteiger partial charge on any atom is 0.243 e. The fourth-order valence-corrected chi connectivity index (χ4v) is 6.18. The highest BCUT2D eigenvalue weighted by Crippen LogP contribution is 2.32. The molecule has 1 heterocycles. The summed E-state index contributed by atoms with van der Waals surface area (Å²) < 4.78 is 32.8. The van der Waals surface area contributed by atoms with Crippen molar-refractivity contribution in [3.8, 4) is 5.75 Å². The molecule has 3 rings (SSSR count). The van der Waals surface area contributed by atoms with Crippen molar-refractivity contribution in [3.63, 3.8) is 0 Å². The Hall–Kier alpha value is -1.60. The van der Waals surface area contributed by atoms with Crippen molar-refractivity contribution in [1.29, 1.82) is 0 Å². The summed E-state index contributed by atoms with van der Waals surface area (Å²) >= 11 is 0. The summed E-state index contributed by atoms with van der Waals surface area (Å²) in [5.74, 6) is 1.21. The third kappa shape index (κ3) is 5.51. The molecule has 29 heavy (non-hydrogen) atoms. The second kappa shape index (κ2) is 9.94. The predicted octanol–water partition coefficient (Wildman–Crippen LogP) is 3.57. The summed E-state index contributed by atoms with van der Waals surface area (Å²) in [7, 11) is -1.97. The van der Waals surface area contributed by atoms with Gasteiger partial charge in [-0.15, -0.1) is 0 Å². The number of amides is 1. The summed E-state index contributed by atoms with van der Waals surface area (Å²) in [5.41, 5.74) is 0. The Bertz CT molecular complexity index is 773. The topological polar surface area (TPSA) is 75.7 Å². The average molecular weight is 423 g/mol. The van der Waals surface area contributed by atoms with E-state index in [-0.39, 0.29) is 17.7 Å². The fourth-order valence-electron chi connectivity index (χ4n) is 4.67. The van der Waals surface area contributed by atoms with Crippen molar-refractivity contribution in [1.82, 2.24) is 9.62 Å². The fraction of sp³-hybridized carbons (Fsp3) is 0.682. The molecule has 1 aromatic rings. The van der Waals surface area contributed by atoms with E-state index in [1.165, 1.54) is 19.3 Å². The van der Waals surface area contributed by atoms with Gasteiger partial charge in [0.1, 0.15) is 5.75 Å². The Balaban J connectivity index is 1.59. The van der Waals surface area contributed by atoms with E-state index < -0.39 is 10.0 Å². The third-order valence-electron chi connectivity index (χ3n) is 6.49. The molecule has 1 aromatic carbocycles. The van der Waals surface area contributed by atoms with E-state index in [1.54, 1.807) is 35.7 Å². The van der Waals surface area contributed by atoms with Crippen LogP contribution in [0.2, 0.25) is 0 Å². The third-order valence-corrected chi connectivity index (χ3v) is 8.37. The molecule has 162 valence electrons. The van der Waals surface area contributed by atoms with Crippen molar-refractivity contribution in [3.05, 3.63) is 24.3 Å². The molecule has 6 nitrogen and oxygen atoms in total. The van der Waals surface area contributed by atoms with Crippen molar-refractivity contribution in [2.45, 2.75) is 69.2 Å². The number of ether oxygens (including phenoxy) is 1. The maximum absolute atomic E-state index is 13.0. The van der Waals surface area contributed by atoms with Crippen LogP contribution in [0.15, 0.2) is 29.2 Å². The molecule has 0 unspecified atom stereocenters. The maximum atomic E-state index is 13.0. The molecule has 1 N–H and O–H groups in total. The lowest BCUT2D eigenvalue weighted by atomic mass is 9.82. The van der Waals surface area contributed by atoms with Gasteiger partial charge in [0.15, 0.2) is 0 Å². The summed E-state index contributed by atoms with van der Waals surface area (Å²) in [6, 6.07) is 6.86. The molecule has 0 radical (unpaired) electrons. The van der Waals surface area contributed by atoms with Gasteiger partial charge in [0.05, 0.1) is 12.0 Å². The Morgan fingerprint density at radius 3 is 2.41 bits per heavy atom. The monoisotopic (exact) mass is 422 g/mol. The molecule has 1 saturated heterocycles. The normalized spacial score (nSPS) is 24.2. The van der Waals surface area contributed by atoms with E-state index in [9.17, 15) is 13.2 Å². The van der Waals surface area contributed by atoms with Gasteiger partial charge in [0.25, 0.3) is 0 Å². The first-order chi connectivity index (χ1) is 13.9. The molecule has 2 aliphatic rings. The predicted molar refractivity (Wildman–Crippen MR) is 113 cm³/mol. The highest BCUT2D eigenvalue weighted by molar-refractivity contribution is 7.89. The zero-order chi connectivity index (χ0) is 20.9. The lowest BCUT2D eigenvalue weighted by molar-refractivity contribution is -0.123. The van der Waals surface area contributed by atoms with Gasteiger partial charge in [-0.25, -0.2) is 8.42 Å². The minimum Gasteiger partial charge on any atom is -0.497 e. The lowest BCUT2D eigenvalue weighted by Crippen LogP contribution is -2.45. The van der Waals surface area contributed by atoms with E-state index in [2.05, 4.69) is 12.2 Å². The number of nitrogens with one attached hydrogen (secondary N) is 1. The Kier molecular flexibility index (Phi) is 7.57. The number of piperidine rings is 1. The SMILES string of the molecule is CC[C@H]1CN(S(=O)(=O)c2ccc(OC)cc2)CC[C@H]1CC(=O)NC1CCCCC1. The van der Waals surface area contributed by atoms with Crippen LogP contribution in [0.5, 0.6) is 5.75 Å². The van der Waals surface area contributed by atoms with Crippen molar-refractivity contribution in [2.75, 3.05) is 20.2 Å². The smallest absolute Gasteiger partial charge is 0.243 e. The van der Waals surface area contributed by atoms with Gasteiger partial charge in [-0.05, 0) is 55.4 Å². The zero-order valence-corrected chi connectivity index (χ0v) is 18.4. The minimum atomic E-state index is -3.53. The second-order valence-electron chi connectivity index (χ2n) is 8.36. The molecule has 1 amide bonds. The number of carbonyl (C=O) groups is 1. The number of benzene rings is 1. The molecule has 0 spiro atoms. The highest BCUT2D eigenvalue weighted by Gasteiger charge is 2.35. The first kappa shape index (κ1) is 22.1. The Morgan fingerprint density at radius 2 is 1.79 bits per heavy atom. The quantitative estimate of drug-likeness (QED) is 0.729. The first-order valence-corrected chi connectivity index (χ1v) is 12.3. The molecule has 2 atom stereocenters. The summed E-state index contributed by atoms with van der Waals surface area (Å²) in [5, 5.41) is 3.21. The standard InChI is InChI=1S/C22H34N2O4S/c1-3-17-16-24(29(26,27)21-11-9-20(28-2)10-12-21)14-13-18(17)15-22(25)23-19-7-5-4-6-8-19/h9-12,17-19H,3-8,13-16H2,1-2H3,(H,23,25)/t17-,18-/m0/s1. The number of carbonyl (C=O) groups excluding carboxylic acids is 1. The summed E-state index contributed by atoms with van der Waals surface area (Å²) in [4.78, 5) is 12.8. The van der Waals surface area contributed by atoms with Crippen LogP contribution < -0.4 is 10.1 Å². The summed E-state index contributed by atoms with van der Waals surface area (Å²) in [6.07, 6.45) is 7.94. The Labute approximate surface area is 175 Å². The van der Waals surface area contributed by atoms with E-state index in [0.29, 0.717) is 36.2 Å². The van der Waals surface area contributed by atoms with Crippen LogP contribution in [0.25, 0.3) is 0 Å². The van der Waals surface area contributed by atoms with E-state index in [0.717, 1.165) is 25.7 Å². The number of sulfonamides is 1. The van der Waals surface area contributed by atoms with Gasteiger partial charge in [-0.3, -0.25) is 4.79 Å². The first-order valence-electron chi connectivity index (χ1n) is 10.9. The summed E-state index contributed by atoms with van der Waals surface area (Å²) in [6.45, 7) is 3.03. The number of nitrogens with zero attached hydrogens (tertiary/aromatic N) is 1. The lowest BCUT2D eigenvalue weighted by Gasteiger charge is -2.37. The molecule has 0 aromatic heterocycles. The van der Waals surface area contributed by atoms with Crippen LogP contribution in [0.1, 0.15) is 58.3 Å². The molecule has 7 heteroatoms. The van der Waals surface area contributed by atoms with Crippen LogP contribution in [0.3, 0.4) is 0 Å². The molecule has 1 aliphatic heterocycles.